The highest BCUT2D eigenvalue weighted by Gasteiger charge is 2.22. The maximum Gasteiger partial charge on any atom is 0.257 e. The van der Waals surface area contributed by atoms with Crippen molar-refractivity contribution in [3.05, 3.63) is 41.1 Å². The molecule has 6 nitrogen and oxygen atoms in total. The number of sulfonamides is 1. The van der Waals surface area contributed by atoms with Crippen molar-refractivity contribution in [3.63, 3.8) is 0 Å². The van der Waals surface area contributed by atoms with Crippen LogP contribution in [-0.2, 0) is 10.0 Å². The first-order chi connectivity index (χ1) is 8.82. The third-order valence-electron chi connectivity index (χ3n) is 2.57. The lowest BCUT2D eigenvalue weighted by Crippen LogP contribution is -2.18. The first kappa shape index (κ1) is 13.3. The van der Waals surface area contributed by atoms with Crippen molar-refractivity contribution >= 4 is 10.0 Å². The lowest BCUT2D eigenvalue weighted by atomic mass is 10.1. The topological polar surface area (TPSA) is 102 Å². The molecule has 0 saturated carbocycles. The van der Waals surface area contributed by atoms with Gasteiger partial charge in [-0.1, -0.05) is 6.07 Å². The van der Waals surface area contributed by atoms with Crippen molar-refractivity contribution in [2.24, 2.45) is 5.14 Å². The van der Waals surface area contributed by atoms with Gasteiger partial charge in [-0.15, -0.1) is 0 Å². The summed E-state index contributed by atoms with van der Waals surface area (Å²) in [4.78, 5) is 0. The summed E-state index contributed by atoms with van der Waals surface area (Å²) in [5.74, 6) is 0. The van der Waals surface area contributed by atoms with Gasteiger partial charge in [0, 0.05) is 0 Å². The molecule has 0 aliphatic heterocycles. The minimum absolute atomic E-state index is 0.0679. The fourth-order valence-corrected chi connectivity index (χ4v) is 2.74. The third kappa shape index (κ3) is 2.50. The van der Waals surface area contributed by atoms with Crippen LogP contribution in [0.15, 0.2) is 29.4 Å². The minimum atomic E-state index is -4.03. The summed E-state index contributed by atoms with van der Waals surface area (Å²) >= 11 is 0. The van der Waals surface area contributed by atoms with E-state index in [-0.39, 0.29) is 10.6 Å². The summed E-state index contributed by atoms with van der Waals surface area (Å²) in [6, 6.07) is 7.28. The second kappa shape index (κ2) is 4.50. The molecule has 0 bridgehead atoms. The molecule has 0 spiro atoms. The monoisotopic (exact) mass is 276 g/mol. The number of hydrogen-bond donors (Lipinski definition) is 1. The van der Waals surface area contributed by atoms with E-state index in [9.17, 15) is 8.42 Å². The van der Waals surface area contributed by atoms with Gasteiger partial charge in [0.2, 0.25) is 0 Å². The van der Waals surface area contributed by atoms with E-state index in [1.165, 1.54) is 10.9 Å². The van der Waals surface area contributed by atoms with Crippen molar-refractivity contribution in [2.45, 2.75) is 18.9 Å². The van der Waals surface area contributed by atoms with Crippen LogP contribution in [0.2, 0.25) is 0 Å². The van der Waals surface area contributed by atoms with E-state index in [4.69, 9.17) is 10.4 Å². The number of benzene rings is 1. The molecule has 19 heavy (non-hydrogen) atoms. The maximum atomic E-state index is 11.6. The third-order valence-corrected chi connectivity index (χ3v) is 3.50. The molecular weight excluding hydrogens is 264 g/mol. The molecule has 0 fully saturated rings. The van der Waals surface area contributed by atoms with Crippen LogP contribution >= 0.6 is 0 Å². The van der Waals surface area contributed by atoms with E-state index < -0.39 is 10.0 Å². The lowest BCUT2D eigenvalue weighted by molar-refractivity contribution is 0.587. The minimum Gasteiger partial charge on any atom is -0.223 e. The van der Waals surface area contributed by atoms with Gasteiger partial charge >= 0.3 is 0 Å². The van der Waals surface area contributed by atoms with Crippen LogP contribution < -0.4 is 5.14 Å². The Morgan fingerprint density at radius 2 is 1.84 bits per heavy atom. The van der Waals surface area contributed by atoms with E-state index in [1.807, 2.05) is 19.9 Å². The van der Waals surface area contributed by atoms with Gasteiger partial charge in [-0.2, -0.15) is 10.4 Å². The number of rotatable bonds is 2. The van der Waals surface area contributed by atoms with Crippen LogP contribution in [0.4, 0.5) is 0 Å². The van der Waals surface area contributed by atoms with Gasteiger partial charge in [0.1, 0.15) is 11.6 Å². The molecule has 0 aliphatic carbocycles. The number of nitrogens with zero attached hydrogens (tertiary/aromatic N) is 3. The number of nitriles is 1. The molecule has 0 amide bonds. The Hall–Kier alpha value is -2.17. The largest absolute Gasteiger partial charge is 0.257 e. The van der Waals surface area contributed by atoms with E-state index in [2.05, 4.69) is 5.10 Å². The predicted molar refractivity (Wildman–Crippen MR) is 69.1 cm³/mol. The van der Waals surface area contributed by atoms with Gasteiger partial charge < -0.3 is 0 Å². The molecule has 2 rings (SSSR count). The van der Waals surface area contributed by atoms with Crippen molar-refractivity contribution in [2.75, 3.05) is 0 Å². The van der Waals surface area contributed by atoms with Crippen LogP contribution in [0, 0.1) is 25.2 Å². The van der Waals surface area contributed by atoms with Gasteiger partial charge in [0.25, 0.3) is 10.0 Å². The molecule has 7 heteroatoms. The van der Waals surface area contributed by atoms with Gasteiger partial charge in [0.05, 0.1) is 11.9 Å². The Kier molecular flexibility index (Phi) is 3.14. The number of hydrogen-bond acceptors (Lipinski definition) is 4. The van der Waals surface area contributed by atoms with Crippen molar-refractivity contribution in [3.8, 4) is 11.8 Å². The fourth-order valence-electron chi connectivity index (χ4n) is 1.94. The van der Waals surface area contributed by atoms with E-state index in [1.54, 1.807) is 18.2 Å². The first-order valence-electron chi connectivity index (χ1n) is 5.42. The smallest absolute Gasteiger partial charge is 0.223 e. The average molecular weight is 276 g/mol. The Balaban J connectivity index is 2.78. The second-order valence-electron chi connectivity index (χ2n) is 4.28. The first-order valence-corrected chi connectivity index (χ1v) is 6.97. The zero-order chi connectivity index (χ0) is 14.2. The number of primary sulfonamides is 1. The van der Waals surface area contributed by atoms with E-state index in [0.717, 1.165) is 11.1 Å². The van der Waals surface area contributed by atoms with E-state index >= 15 is 0 Å². The Labute approximate surface area is 111 Å². The van der Waals surface area contributed by atoms with Gasteiger partial charge in [-0.3, -0.25) is 0 Å². The Morgan fingerprint density at radius 1 is 1.26 bits per heavy atom. The molecule has 1 aromatic heterocycles. The van der Waals surface area contributed by atoms with Crippen LogP contribution in [0.1, 0.15) is 16.7 Å². The van der Waals surface area contributed by atoms with Crippen LogP contribution in [0.3, 0.4) is 0 Å². The van der Waals surface area contributed by atoms with Gasteiger partial charge in [0.15, 0.2) is 5.03 Å². The molecule has 1 heterocycles. The Bertz CT molecular complexity index is 764. The fraction of sp³-hybridized carbons (Fsp3) is 0.167. The molecule has 0 aliphatic rings. The van der Waals surface area contributed by atoms with Crippen molar-refractivity contribution < 1.29 is 8.42 Å². The standard InChI is InChI=1S/C12H12N4O2S/c1-8-3-9(2)5-11(4-8)16-12(19(14,17)18)10(6-13)7-15-16/h3-5,7H,1-2H3,(H2,14,17,18). The highest BCUT2D eigenvalue weighted by molar-refractivity contribution is 7.89. The summed E-state index contributed by atoms with van der Waals surface area (Å²) in [5.41, 5.74) is 2.42. The zero-order valence-electron chi connectivity index (χ0n) is 10.5. The molecular formula is C12H12N4O2S. The molecule has 2 N–H and O–H groups in total. The quantitative estimate of drug-likeness (QED) is 0.884. The maximum absolute atomic E-state index is 11.6. The van der Waals surface area contributed by atoms with Gasteiger partial charge in [-0.25, -0.2) is 18.2 Å². The summed E-state index contributed by atoms with van der Waals surface area (Å²) in [6.45, 7) is 3.78. The molecule has 0 atom stereocenters. The highest BCUT2D eigenvalue weighted by atomic mass is 32.2. The second-order valence-corrected chi connectivity index (χ2v) is 5.75. The summed E-state index contributed by atoms with van der Waals surface area (Å²) in [7, 11) is -4.03. The normalized spacial score (nSPS) is 11.3. The summed E-state index contributed by atoms with van der Waals surface area (Å²) in [6.07, 6.45) is 1.19. The molecule has 0 saturated heterocycles. The number of nitrogens with two attached hydrogens (primary N) is 1. The van der Waals surface area contributed by atoms with Crippen molar-refractivity contribution in [1.29, 1.82) is 5.26 Å². The highest BCUT2D eigenvalue weighted by Crippen LogP contribution is 2.20. The molecule has 98 valence electrons. The summed E-state index contributed by atoms with van der Waals surface area (Å²) in [5, 5.41) is 17.7. The molecule has 0 unspecified atom stereocenters. The van der Waals surface area contributed by atoms with Gasteiger partial charge in [-0.05, 0) is 37.1 Å². The Morgan fingerprint density at radius 3 is 2.32 bits per heavy atom. The van der Waals surface area contributed by atoms with Crippen LogP contribution in [0.5, 0.6) is 0 Å². The van der Waals surface area contributed by atoms with E-state index in [0.29, 0.717) is 5.69 Å². The molecule has 1 aromatic carbocycles. The lowest BCUT2D eigenvalue weighted by Gasteiger charge is -2.08. The number of aryl methyl sites for hydroxylation is 2. The van der Waals surface area contributed by atoms with Crippen molar-refractivity contribution in [1.82, 2.24) is 9.78 Å². The summed E-state index contributed by atoms with van der Waals surface area (Å²) < 4.78 is 24.4. The average Bonchev–Trinajstić information content (AvgIpc) is 2.70. The SMILES string of the molecule is Cc1cc(C)cc(-n2ncc(C#N)c2S(N)(=O)=O)c1. The van der Waals surface area contributed by atoms with Crippen LogP contribution in [0.25, 0.3) is 5.69 Å². The number of aromatic nitrogens is 2. The zero-order valence-corrected chi connectivity index (χ0v) is 11.3. The molecule has 2 aromatic rings. The predicted octanol–water partition coefficient (Wildman–Crippen LogP) is 1.01. The molecule has 0 radical (unpaired) electrons. The van der Waals surface area contributed by atoms with Crippen LogP contribution in [-0.4, -0.2) is 18.2 Å².